The van der Waals surface area contributed by atoms with Crippen LogP contribution in [0.3, 0.4) is 0 Å². The number of nitrogens with zero attached hydrogens (tertiary/aromatic N) is 1. The zero-order chi connectivity index (χ0) is 19.0. The van der Waals surface area contributed by atoms with Crippen LogP contribution in [-0.2, 0) is 16.3 Å². The van der Waals surface area contributed by atoms with Crippen molar-refractivity contribution < 1.29 is 8.42 Å². The second kappa shape index (κ2) is 9.80. The van der Waals surface area contributed by atoms with Gasteiger partial charge in [0.15, 0.2) is 5.96 Å². The molecule has 142 valence electrons. The minimum Gasteiger partial charge on any atom is -0.357 e. The number of aryl methyl sites for hydroxylation is 3. The van der Waals surface area contributed by atoms with E-state index in [1.165, 1.54) is 28.5 Å². The van der Waals surface area contributed by atoms with Crippen LogP contribution in [-0.4, -0.2) is 45.5 Å². The molecule has 0 aliphatic rings. The number of benzene rings is 1. The van der Waals surface area contributed by atoms with Gasteiger partial charge in [-0.3, -0.25) is 4.99 Å². The van der Waals surface area contributed by atoms with Crippen LogP contribution in [0.25, 0.3) is 0 Å². The summed E-state index contributed by atoms with van der Waals surface area (Å²) in [4.78, 5) is 4.64. The van der Waals surface area contributed by atoms with Crippen LogP contribution in [0.5, 0.6) is 0 Å². The minimum absolute atomic E-state index is 0.0513. The first kappa shape index (κ1) is 21.5. The lowest BCUT2D eigenvalue weighted by molar-refractivity contribution is 0.581. The monoisotopic (exact) mass is 367 g/mol. The standard InChI is InChI=1S/C19H33N3O2S/c1-7-20-19(22-17(5)9-11-25(6,23)24)21-10-8-18-15(3)12-14(2)13-16(18)4/h12-13,17H,7-11H2,1-6H3,(H2,20,21,22). The fraction of sp³-hybridized carbons (Fsp3) is 0.632. The van der Waals surface area contributed by atoms with E-state index in [1.54, 1.807) is 0 Å². The number of sulfone groups is 1. The lowest BCUT2D eigenvalue weighted by atomic mass is 9.97. The molecule has 0 aliphatic heterocycles. The molecule has 0 aliphatic carbocycles. The smallest absolute Gasteiger partial charge is 0.191 e. The maximum Gasteiger partial charge on any atom is 0.191 e. The predicted octanol–water partition coefficient (Wildman–Crippen LogP) is 2.53. The molecule has 1 atom stereocenters. The van der Waals surface area contributed by atoms with E-state index in [4.69, 9.17) is 0 Å². The van der Waals surface area contributed by atoms with Gasteiger partial charge in [0.2, 0.25) is 0 Å². The van der Waals surface area contributed by atoms with Crippen molar-refractivity contribution in [3.05, 3.63) is 34.4 Å². The first-order chi connectivity index (χ1) is 11.6. The van der Waals surface area contributed by atoms with E-state index >= 15 is 0 Å². The van der Waals surface area contributed by atoms with E-state index in [0.29, 0.717) is 13.0 Å². The van der Waals surface area contributed by atoms with Gasteiger partial charge in [-0.1, -0.05) is 17.7 Å². The van der Waals surface area contributed by atoms with Gasteiger partial charge in [0.25, 0.3) is 0 Å². The van der Waals surface area contributed by atoms with Crippen molar-refractivity contribution in [2.75, 3.05) is 25.1 Å². The Morgan fingerprint density at radius 2 is 1.80 bits per heavy atom. The van der Waals surface area contributed by atoms with Gasteiger partial charge in [0, 0.05) is 25.4 Å². The van der Waals surface area contributed by atoms with E-state index in [1.807, 2.05) is 13.8 Å². The lowest BCUT2D eigenvalue weighted by Crippen LogP contribution is -2.43. The molecule has 0 bridgehead atoms. The van der Waals surface area contributed by atoms with Gasteiger partial charge in [-0.2, -0.15) is 0 Å². The van der Waals surface area contributed by atoms with Crippen molar-refractivity contribution in [1.29, 1.82) is 0 Å². The highest BCUT2D eigenvalue weighted by Gasteiger charge is 2.10. The molecule has 1 rings (SSSR count). The van der Waals surface area contributed by atoms with Crippen LogP contribution in [0, 0.1) is 20.8 Å². The van der Waals surface area contributed by atoms with E-state index in [-0.39, 0.29) is 11.8 Å². The Bertz CT molecular complexity index is 674. The number of rotatable bonds is 8. The van der Waals surface area contributed by atoms with Crippen LogP contribution in [0.15, 0.2) is 17.1 Å². The van der Waals surface area contributed by atoms with Crippen LogP contribution in [0.2, 0.25) is 0 Å². The van der Waals surface area contributed by atoms with Crippen LogP contribution in [0.4, 0.5) is 0 Å². The fourth-order valence-corrected chi connectivity index (χ4v) is 3.68. The highest BCUT2D eigenvalue weighted by Crippen LogP contribution is 2.16. The number of guanidine groups is 1. The predicted molar refractivity (Wildman–Crippen MR) is 107 cm³/mol. The van der Waals surface area contributed by atoms with Crippen molar-refractivity contribution >= 4 is 15.8 Å². The summed E-state index contributed by atoms with van der Waals surface area (Å²) < 4.78 is 22.6. The molecule has 0 aromatic heterocycles. The fourth-order valence-electron chi connectivity index (χ4n) is 2.90. The summed E-state index contributed by atoms with van der Waals surface area (Å²) in [6.07, 6.45) is 2.73. The molecule has 0 amide bonds. The summed E-state index contributed by atoms with van der Waals surface area (Å²) in [5.41, 5.74) is 5.27. The van der Waals surface area contributed by atoms with Gasteiger partial charge in [-0.25, -0.2) is 8.42 Å². The molecule has 6 heteroatoms. The van der Waals surface area contributed by atoms with Crippen molar-refractivity contribution in [2.45, 2.75) is 53.5 Å². The molecule has 1 unspecified atom stereocenters. The third kappa shape index (κ3) is 8.38. The topological polar surface area (TPSA) is 70.6 Å². The average molecular weight is 368 g/mol. The molecule has 0 saturated heterocycles. The first-order valence-electron chi connectivity index (χ1n) is 8.91. The van der Waals surface area contributed by atoms with E-state index < -0.39 is 9.84 Å². The van der Waals surface area contributed by atoms with Crippen molar-refractivity contribution in [2.24, 2.45) is 4.99 Å². The molecule has 25 heavy (non-hydrogen) atoms. The van der Waals surface area contributed by atoms with E-state index in [0.717, 1.165) is 18.9 Å². The molecular formula is C19H33N3O2S. The van der Waals surface area contributed by atoms with Gasteiger partial charge in [0.1, 0.15) is 9.84 Å². The number of hydrogen-bond acceptors (Lipinski definition) is 3. The molecule has 1 aromatic rings. The SMILES string of the molecule is CCNC(=NCCc1c(C)cc(C)cc1C)NC(C)CCS(C)(=O)=O. The van der Waals surface area contributed by atoms with Crippen LogP contribution >= 0.6 is 0 Å². The van der Waals surface area contributed by atoms with Crippen molar-refractivity contribution in [3.8, 4) is 0 Å². The minimum atomic E-state index is -2.93. The number of nitrogens with one attached hydrogen (secondary N) is 2. The summed E-state index contributed by atoms with van der Waals surface area (Å²) in [6, 6.07) is 4.47. The molecule has 0 radical (unpaired) electrons. The Hall–Kier alpha value is -1.56. The van der Waals surface area contributed by atoms with Gasteiger partial charge in [0.05, 0.1) is 5.75 Å². The molecule has 0 fully saturated rings. The van der Waals surface area contributed by atoms with Gasteiger partial charge < -0.3 is 10.6 Å². The Labute approximate surface area is 153 Å². The number of aliphatic imine (C=N–C) groups is 1. The molecule has 2 N–H and O–H groups in total. The van der Waals surface area contributed by atoms with Crippen molar-refractivity contribution in [1.82, 2.24) is 10.6 Å². The Morgan fingerprint density at radius 3 is 2.32 bits per heavy atom. The third-order valence-electron chi connectivity index (χ3n) is 4.12. The maximum atomic E-state index is 11.3. The van der Waals surface area contributed by atoms with Crippen LogP contribution in [0.1, 0.15) is 42.5 Å². The molecule has 0 heterocycles. The third-order valence-corrected chi connectivity index (χ3v) is 5.10. The summed E-state index contributed by atoms with van der Waals surface area (Å²) in [5.74, 6) is 0.924. The molecule has 0 spiro atoms. The quantitative estimate of drug-likeness (QED) is 0.547. The maximum absolute atomic E-state index is 11.3. The highest BCUT2D eigenvalue weighted by atomic mass is 32.2. The Balaban J connectivity index is 2.67. The summed E-state index contributed by atoms with van der Waals surface area (Å²) >= 11 is 0. The Kier molecular flexibility index (Phi) is 8.42. The normalized spacial score (nSPS) is 13.6. The van der Waals surface area contributed by atoms with Crippen molar-refractivity contribution in [3.63, 3.8) is 0 Å². The zero-order valence-electron chi connectivity index (χ0n) is 16.4. The first-order valence-corrected chi connectivity index (χ1v) is 11.0. The van der Waals surface area contributed by atoms with Gasteiger partial charge in [-0.15, -0.1) is 0 Å². The molecular weight excluding hydrogens is 334 g/mol. The average Bonchev–Trinajstić information content (AvgIpc) is 2.47. The highest BCUT2D eigenvalue weighted by molar-refractivity contribution is 7.90. The largest absolute Gasteiger partial charge is 0.357 e. The zero-order valence-corrected chi connectivity index (χ0v) is 17.3. The molecule has 1 aromatic carbocycles. The van der Waals surface area contributed by atoms with Gasteiger partial charge in [-0.05, 0) is 64.2 Å². The second-order valence-corrected chi connectivity index (χ2v) is 9.11. The van der Waals surface area contributed by atoms with E-state index in [2.05, 4.69) is 48.5 Å². The Morgan fingerprint density at radius 1 is 1.20 bits per heavy atom. The van der Waals surface area contributed by atoms with E-state index in [9.17, 15) is 8.42 Å². The molecule has 0 saturated carbocycles. The van der Waals surface area contributed by atoms with Crippen LogP contribution < -0.4 is 10.6 Å². The summed E-state index contributed by atoms with van der Waals surface area (Å²) in [5, 5.41) is 6.51. The lowest BCUT2D eigenvalue weighted by Gasteiger charge is -2.17. The second-order valence-electron chi connectivity index (χ2n) is 6.85. The summed E-state index contributed by atoms with van der Waals surface area (Å²) in [6.45, 7) is 11.9. The molecule has 5 nitrogen and oxygen atoms in total. The van der Waals surface area contributed by atoms with Gasteiger partial charge >= 0.3 is 0 Å². The number of hydrogen-bond donors (Lipinski definition) is 2. The summed E-state index contributed by atoms with van der Waals surface area (Å²) in [7, 11) is -2.93.